The lowest BCUT2D eigenvalue weighted by Crippen LogP contribution is -2.26. The van der Waals surface area contributed by atoms with Crippen molar-refractivity contribution in [2.24, 2.45) is 5.73 Å². The average molecular weight is 251 g/mol. The summed E-state index contributed by atoms with van der Waals surface area (Å²) in [6.07, 6.45) is 1.54. The number of halogens is 1. The number of hydrogen-bond donors (Lipinski definition) is 1. The highest BCUT2D eigenvalue weighted by molar-refractivity contribution is 5.85. The summed E-state index contributed by atoms with van der Waals surface area (Å²) in [7, 11) is 0. The maximum atomic E-state index is 13.0. The van der Waals surface area contributed by atoms with E-state index in [0.29, 0.717) is 13.0 Å². The molecule has 1 aliphatic rings. The first-order valence-corrected chi connectivity index (χ1v) is 6.23. The number of carbonyl (C=O) groups excluding carboxylic acids is 1. The van der Waals surface area contributed by atoms with E-state index in [1.54, 1.807) is 6.07 Å². The Morgan fingerprint density at radius 3 is 2.89 bits per heavy atom. The van der Waals surface area contributed by atoms with Crippen LogP contribution in [-0.2, 0) is 16.0 Å². The molecule has 0 aliphatic carbocycles. The Bertz CT molecular complexity index is 447. The van der Waals surface area contributed by atoms with Gasteiger partial charge in [-0.25, -0.2) is 4.39 Å². The van der Waals surface area contributed by atoms with Gasteiger partial charge in [0.15, 0.2) is 5.78 Å². The maximum Gasteiger partial charge on any atom is 0.165 e. The van der Waals surface area contributed by atoms with Crippen molar-refractivity contribution in [3.8, 4) is 0 Å². The van der Waals surface area contributed by atoms with Gasteiger partial charge in [0.05, 0.1) is 6.10 Å². The topological polar surface area (TPSA) is 52.3 Å². The molecule has 0 spiro atoms. The second kappa shape index (κ2) is 5.59. The lowest BCUT2D eigenvalue weighted by molar-refractivity contribution is -0.128. The van der Waals surface area contributed by atoms with Gasteiger partial charge in [0.1, 0.15) is 11.9 Å². The fraction of sp³-hybridized carbons (Fsp3) is 0.500. The summed E-state index contributed by atoms with van der Waals surface area (Å²) in [5, 5.41) is 0. The van der Waals surface area contributed by atoms with Gasteiger partial charge in [-0.05, 0) is 43.0 Å². The molecule has 1 aromatic carbocycles. The molecule has 0 saturated carbocycles. The summed E-state index contributed by atoms with van der Waals surface area (Å²) in [5.41, 5.74) is 7.18. The van der Waals surface area contributed by atoms with E-state index in [1.165, 1.54) is 12.1 Å². The first kappa shape index (κ1) is 13.2. The van der Waals surface area contributed by atoms with Crippen molar-refractivity contribution >= 4 is 5.78 Å². The molecule has 18 heavy (non-hydrogen) atoms. The normalized spacial score (nSPS) is 23.3. The number of nitrogens with two attached hydrogens (primary N) is 1. The third-order valence-corrected chi connectivity index (χ3v) is 3.40. The minimum Gasteiger partial charge on any atom is -0.366 e. The van der Waals surface area contributed by atoms with E-state index in [0.717, 1.165) is 24.0 Å². The molecule has 98 valence electrons. The summed E-state index contributed by atoms with van der Waals surface area (Å²) in [6.45, 7) is 2.27. The van der Waals surface area contributed by atoms with E-state index in [2.05, 4.69) is 0 Å². The van der Waals surface area contributed by atoms with E-state index >= 15 is 0 Å². The summed E-state index contributed by atoms with van der Waals surface area (Å²) in [6, 6.07) is 4.49. The standard InChI is InChI=1S/C14H18FNO2/c1-9-6-11(15)3-2-10(9)7-13(17)14-5-4-12(8-16)18-14/h2-3,6,12,14H,4-5,7-8,16H2,1H3. The zero-order valence-electron chi connectivity index (χ0n) is 10.5. The van der Waals surface area contributed by atoms with Crippen LogP contribution in [-0.4, -0.2) is 24.5 Å². The minimum atomic E-state index is -0.344. The number of rotatable bonds is 4. The average Bonchev–Trinajstić information content (AvgIpc) is 2.81. The zero-order valence-corrected chi connectivity index (χ0v) is 10.5. The predicted octanol–water partition coefficient (Wildman–Crippen LogP) is 1.75. The van der Waals surface area contributed by atoms with Crippen LogP contribution in [0.2, 0.25) is 0 Å². The third-order valence-electron chi connectivity index (χ3n) is 3.40. The van der Waals surface area contributed by atoms with Gasteiger partial charge in [-0.3, -0.25) is 4.79 Å². The second-order valence-electron chi connectivity index (χ2n) is 4.77. The largest absolute Gasteiger partial charge is 0.366 e. The Hall–Kier alpha value is -1.26. The summed E-state index contributed by atoms with van der Waals surface area (Å²) >= 11 is 0. The Morgan fingerprint density at radius 1 is 1.50 bits per heavy atom. The lowest BCUT2D eigenvalue weighted by Gasteiger charge is -2.12. The molecule has 1 fully saturated rings. The molecule has 4 heteroatoms. The third kappa shape index (κ3) is 2.94. The molecule has 1 heterocycles. The fourth-order valence-corrected chi connectivity index (χ4v) is 2.28. The maximum absolute atomic E-state index is 13.0. The van der Waals surface area contributed by atoms with Crippen molar-refractivity contribution in [1.29, 1.82) is 0 Å². The highest BCUT2D eigenvalue weighted by atomic mass is 19.1. The van der Waals surface area contributed by atoms with Crippen LogP contribution in [0.4, 0.5) is 4.39 Å². The molecule has 2 N–H and O–H groups in total. The molecule has 0 bridgehead atoms. The minimum absolute atomic E-state index is 0.00765. The van der Waals surface area contributed by atoms with Gasteiger partial charge in [0.2, 0.25) is 0 Å². The molecule has 2 rings (SSSR count). The number of Topliss-reactive ketones (excluding diaryl/α,β-unsaturated/α-hetero) is 1. The van der Waals surface area contributed by atoms with Gasteiger partial charge in [0.25, 0.3) is 0 Å². The van der Waals surface area contributed by atoms with Crippen molar-refractivity contribution in [2.75, 3.05) is 6.54 Å². The summed E-state index contributed by atoms with van der Waals surface area (Å²) < 4.78 is 18.5. The lowest BCUT2D eigenvalue weighted by atomic mass is 9.99. The summed E-state index contributed by atoms with van der Waals surface area (Å²) in [4.78, 5) is 12.1. The van der Waals surface area contributed by atoms with Crippen molar-refractivity contribution in [1.82, 2.24) is 0 Å². The van der Waals surface area contributed by atoms with Gasteiger partial charge < -0.3 is 10.5 Å². The second-order valence-corrected chi connectivity index (χ2v) is 4.77. The molecule has 0 radical (unpaired) electrons. The summed E-state index contributed by atoms with van der Waals surface area (Å²) in [5.74, 6) is -0.218. The van der Waals surface area contributed by atoms with Crippen LogP contribution in [0.1, 0.15) is 24.0 Å². The Balaban J connectivity index is 1.99. The van der Waals surface area contributed by atoms with E-state index in [1.807, 2.05) is 6.92 Å². The Kier molecular flexibility index (Phi) is 4.09. The first-order chi connectivity index (χ1) is 8.60. The predicted molar refractivity (Wildman–Crippen MR) is 66.8 cm³/mol. The van der Waals surface area contributed by atoms with E-state index in [4.69, 9.17) is 10.5 Å². The van der Waals surface area contributed by atoms with Crippen molar-refractivity contribution in [2.45, 2.75) is 38.4 Å². The molecule has 2 unspecified atom stereocenters. The van der Waals surface area contributed by atoms with Crippen molar-refractivity contribution in [3.05, 3.63) is 35.1 Å². The van der Waals surface area contributed by atoms with Crippen LogP contribution in [0.15, 0.2) is 18.2 Å². The number of aryl methyl sites for hydroxylation is 1. The van der Waals surface area contributed by atoms with Gasteiger partial charge in [0, 0.05) is 13.0 Å². The van der Waals surface area contributed by atoms with Crippen LogP contribution in [0.3, 0.4) is 0 Å². The molecule has 0 amide bonds. The highest BCUT2D eigenvalue weighted by Crippen LogP contribution is 2.21. The molecule has 2 atom stereocenters. The molecular weight excluding hydrogens is 233 g/mol. The zero-order chi connectivity index (χ0) is 13.1. The van der Waals surface area contributed by atoms with Crippen LogP contribution < -0.4 is 5.73 Å². The quantitative estimate of drug-likeness (QED) is 0.887. The molecule has 1 aromatic rings. The SMILES string of the molecule is Cc1cc(F)ccc1CC(=O)C1CCC(CN)O1. The molecule has 1 aliphatic heterocycles. The first-order valence-electron chi connectivity index (χ1n) is 6.23. The smallest absolute Gasteiger partial charge is 0.165 e. The Morgan fingerprint density at radius 2 is 2.28 bits per heavy atom. The van der Waals surface area contributed by atoms with Gasteiger partial charge in [-0.2, -0.15) is 0 Å². The van der Waals surface area contributed by atoms with Crippen LogP contribution in [0.5, 0.6) is 0 Å². The van der Waals surface area contributed by atoms with E-state index in [-0.39, 0.29) is 23.8 Å². The van der Waals surface area contributed by atoms with E-state index < -0.39 is 0 Å². The van der Waals surface area contributed by atoms with Crippen LogP contribution in [0.25, 0.3) is 0 Å². The number of hydrogen-bond acceptors (Lipinski definition) is 3. The number of ether oxygens (including phenoxy) is 1. The van der Waals surface area contributed by atoms with Crippen molar-refractivity contribution in [3.63, 3.8) is 0 Å². The fourth-order valence-electron chi connectivity index (χ4n) is 2.28. The molecule has 3 nitrogen and oxygen atoms in total. The van der Waals surface area contributed by atoms with Gasteiger partial charge >= 0.3 is 0 Å². The molecular formula is C14H18FNO2. The van der Waals surface area contributed by atoms with Crippen molar-refractivity contribution < 1.29 is 13.9 Å². The number of carbonyl (C=O) groups is 1. The molecule has 0 aromatic heterocycles. The Labute approximate surface area is 106 Å². The van der Waals surface area contributed by atoms with Crippen LogP contribution in [0, 0.1) is 12.7 Å². The van der Waals surface area contributed by atoms with Crippen LogP contribution >= 0.6 is 0 Å². The van der Waals surface area contributed by atoms with Gasteiger partial charge in [-0.1, -0.05) is 6.07 Å². The number of ketones is 1. The monoisotopic (exact) mass is 251 g/mol. The molecule has 1 saturated heterocycles. The highest BCUT2D eigenvalue weighted by Gasteiger charge is 2.29. The van der Waals surface area contributed by atoms with E-state index in [9.17, 15) is 9.18 Å². The van der Waals surface area contributed by atoms with Gasteiger partial charge in [-0.15, -0.1) is 0 Å². The number of benzene rings is 1.